The lowest BCUT2D eigenvalue weighted by Crippen LogP contribution is -2.45. The zero-order valence-corrected chi connectivity index (χ0v) is 21.6. The predicted molar refractivity (Wildman–Crippen MR) is 135 cm³/mol. The molecule has 0 spiro atoms. The number of furan rings is 1. The first-order chi connectivity index (χ1) is 14.1. The Morgan fingerprint density at radius 1 is 1.13 bits per heavy atom. The van der Waals surface area contributed by atoms with Crippen LogP contribution < -0.4 is 10.6 Å². The first-order valence-corrected chi connectivity index (χ1v) is 11.2. The second kappa shape index (κ2) is 15.9. The summed E-state index contributed by atoms with van der Waals surface area (Å²) in [7, 11) is 0. The Labute approximate surface area is 200 Å². The van der Waals surface area contributed by atoms with Crippen molar-refractivity contribution in [3.05, 3.63) is 24.2 Å². The summed E-state index contributed by atoms with van der Waals surface area (Å²) in [6, 6.07) is 5.07. The van der Waals surface area contributed by atoms with E-state index in [1.165, 1.54) is 0 Å². The first-order valence-electron chi connectivity index (χ1n) is 11.2. The van der Waals surface area contributed by atoms with Gasteiger partial charge in [0, 0.05) is 64.3 Å². The first kappa shape index (κ1) is 27.2. The highest BCUT2D eigenvalue weighted by atomic mass is 127. The van der Waals surface area contributed by atoms with Gasteiger partial charge in [-0.1, -0.05) is 0 Å². The van der Waals surface area contributed by atoms with E-state index in [1.807, 2.05) is 12.1 Å². The molecule has 8 heteroatoms. The average Bonchev–Trinajstić information content (AvgIpc) is 3.21. The van der Waals surface area contributed by atoms with E-state index in [-0.39, 0.29) is 24.0 Å². The van der Waals surface area contributed by atoms with Crippen LogP contribution in [0.15, 0.2) is 27.8 Å². The monoisotopic (exact) mass is 535 g/mol. The fraction of sp³-hybridized carbons (Fsp3) is 0.773. The molecule has 174 valence electrons. The van der Waals surface area contributed by atoms with Gasteiger partial charge in [-0.3, -0.25) is 14.8 Å². The fourth-order valence-corrected chi connectivity index (χ4v) is 3.65. The number of hydrogen-bond donors (Lipinski definition) is 2. The summed E-state index contributed by atoms with van der Waals surface area (Å²) in [6.07, 6.45) is 3.64. The van der Waals surface area contributed by atoms with E-state index in [1.54, 1.807) is 6.26 Å². The number of guanidine groups is 1. The molecule has 0 unspecified atom stereocenters. The van der Waals surface area contributed by atoms with Gasteiger partial charge in [0.25, 0.3) is 0 Å². The molecule has 1 aliphatic heterocycles. The largest absolute Gasteiger partial charge is 0.469 e. The molecule has 2 heterocycles. The lowest BCUT2D eigenvalue weighted by molar-refractivity contribution is 0.0389. The maximum atomic E-state index is 5.42. The van der Waals surface area contributed by atoms with Crippen molar-refractivity contribution in [1.82, 2.24) is 20.4 Å². The summed E-state index contributed by atoms with van der Waals surface area (Å²) in [6.45, 7) is 17.4. The third kappa shape index (κ3) is 11.0. The highest BCUT2D eigenvalue weighted by Gasteiger charge is 2.12. The van der Waals surface area contributed by atoms with Crippen LogP contribution in [0.2, 0.25) is 0 Å². The smallest absolute Gasteiger partial charge is 0.191 e. The van der Waals surface area contributed by atoms with Crippen LogP contribution in [0.1, 0.15) is 39.9 Å². The predicted octanol–water partition coefficient (Wildman–Crippen LogP) is 2.82. The topological polar surface area (TPSA) is 65.3 Å². The molecule has 0 atom stereocenters. The molecular formula is C22H42IN5O2. The van der Waals surface area contributed by atoms with E-state index < -0.39 is 0 Å². The Morgan fingerprint density at radius 2 is 1.83 bits per heavy atom. The molecule has 2 rings (SSSR count). The van der Waals surface area contributed by atoms with Gasteiger partial charge in [0.15, 0.2) is 5.96 Å². The molecule has 0 amide bonds. The van der Waals surface area contributed by atoms with Gasteiger partial charge in [0.1, 0.15) is 5.76 Å². The second-order valence-corrected chi connectivity index (χ2v) is 8.15. The van der Waals surface area contributed by atoms with E-state index >= 15 is 0 Å². The molecular weight excluding hydrogens is 493 g/mol. The van der Waals surface area contributed by atoms with Gasteiger partial charge in [-0.05, 0) is 46.2 Å². The normalized spacial score (nSPS) is 15.6. The summed E-state index contributed by atoms with van der Waals surface area (Å²) >= 11 is 0. The molecule has 1 aromatic heterocycles. The van der Waals surface area contributed by atoms with Crippen LogP contribution in [0, 0.1) is 0 Å². The third-order valence-electron chi connectivity index (χ3n) is 5.24. The second-order valence-electron chi connectivity index (χ2n) is 8.15. The number of nitrogens with zero attached hydrogens (tertiary/aromatic N) is 3. The molecule has 0 saturated carbocycles. The molecule has 1 fully saturated rings. The number of aliphatic imine (C=N–C) groups is 1. The number of morpholine rings is 1. The standard InChI is InChI=1S/C22H41N5O2.HI/c1-19(2)27(20(3)4)12-6-9-23-22(24-10-8-21-7-5-16-29-21)25-11-13-26-14-17-28-18-15-26;/h5,7,16,19-20H,6,8-15,17-18H2,1-4H3,(H2,23,24,25);1H. The van der Waals surface area contributed by atoms with E-state index in [2.05, 4.69) is 48.1 Å². The van der Waals surface area contributed by atoms with Gasteiger partial charge in [0.2, 0.25) is 0 Å². The van der Waals surface area contributed by atoms with Crippen molar-refractivity contribution in [3.63, 3.8) is 0 Å². The van der Waals surface area contributed by atoms with E-state index in [9.17, 15) is 0 Å². The molecule has 30 heavy (non-hydrogen) atoms. The van der Waals surface area contributed by atoms with Crippen molar-refractivity contribution in [2.24, 2.45) is 4.99 Å². The quantitative estimate of drug-likeness (QED) is 0.186. The van der Waals surface area contributed by atoms with Gasteiger partial charge >= 0.3 is 0 Å². The van der Waals surface area contributed by atoms with Gasteiger partial charge < -0.3 is 19.8 Å². The van der Waals surface area contributed by atoms with Crippen LogP contribution in [-0.4, -0.2) is 86.9 Å². The Bertz CT molecular complexity index is 552. The van der Waals surface area contributed by atoms with Crippen LogP contribution in [0.25, 0.3) is 0 Å². The number of ether oxygens (including phenoxy) is 1. The Hall–Kier alpha value is -0.840. The minimum absolute atomic E-state index is 0. The molecule has 0 bridgehead atoms. The number of rotatable bonds is 12. The SMILES string of the molecule is CC(C)N(CCCN=C(NCCc1ccco1)NCCN1CCOCC1)C(C)C.I. The summed E-state index contributed by atoms with van der Waals surface area (Å²) in [5.41, 5.74) is 0. The average molecular weight is 536 g/mol. The van der Waals surface area contributed by atoms with Crippen molar-refractivity contribution in [3.8, 4) is 0 Å². The molecule has 0 aliphatic carbocycles. The minimum atomic E-state index is 0. The molecule has 1 aromatic rings. The Kier molecular flexibility index (Phi) is 14.4. The molecule has 1 aliphatic rings. The van der Waals surface area contributed by atoms with Gasteiger partial charge in [0.05, 0.1) is 19.5 Å². The van der Waals surface area contributed by atoms with Crippen LogP contribution in [0.4, 0.5) is 0 Å². The highest BCUT2D eigenvalue weighted by Crippen LogP contribution is 2.05. The summed E-state index contributed by atoms with van der Waals surface area (Å²) in [5.74, 6) is 1.89. The van der Waals surface area contributed by atoms with E-state index in [4.69, 9.17) is 14.1 Å². The van der Waals surface area contributed by atoms with Crippen LogP contribution in [0.5, 0.6) is 0 Å². The minimum Gasteiger partial charge on any atom is -0.469 e. The Balaban J connectivity index is 0.00000450. The maximum absolute atomic E-state index is 5.42. The van der Waals surface area contributed by atoms with Crippen LogP contribution in [-0.2, 0) is 11.2 Å². The lowest BCUT2D eigenvalue weighted by Gasteiger charge is -2.30. The molecule has 0 aromatic carbocycles. The number of halogens is 1. The number of hydrogen-bond acceptors (Lipinski definition) is 5. The van der Waals surface area contributed by atoms with E-state index in [0.717, 1.165) is 83.6 Å². The zero-order valence-electron chi connectivity index (χ0n) is 19.2. The maximum Gasteiger partial charge on any atom is 0.191 e. The zero-order chi connectivity index (χ0) is 20.9. The van der Waals surface area contributed by atoms with Crippen molar-refractivity contribution < 1.29 is 9.15 Å². The molecule has 2 N–H and O–H groups in total. The van der Waals surface area contributed by atoms with Gasteiger partial charge in [-0.15, -0.1) is 24.0 Å². The lowest BCUT2D eigenvalue weighted by atomic mass is 10.2. The highest BCUT2D eigenvalue weighted by molar-refractivity contribution is 14.0. The van der Waals surface area contributed by atoms with Crippen molar-refractivity contribution in [2.45, 2.75) is 52.6 Å². The molecule has 1 saturated heterocycles. The van der Waals surface area contributed by atoms with Crippen LogP contribution >= 0.6 is 24.0 Å². The fourth-order valence-electron chi connectivity index (χ4n) is 3.65. The summed E-state index contributed by atoms with van der Waals surface area (Å²) < 4.78 is 10.8. The van der Waals surface area contributed by atoms with Crippen molar-refractivity contribution in [1.29, 1.82) is 0 Å². The van der Waals surface area contributed by atoms with Crippen molar-refractivity contribution in [2.75, 3.05) is 59.0 Å². The Morgan fingerprint density at radius 3 is 2.47 bits per heavy atom. The van der Waals surface area contributed by atoms with Crippen molar-refractivity contribution >= 4 is 29.9 Å². The summed E-state index contributed by atoms with van der Waals surface area (Å²) in [4.78, 5) is 9.76. The van der Waals surface area contributed by atoms with E-state index in [0.29, 0.717) is 12.1 Å². The van der Waals surface area contributed by atoms with Crippen LogP contribution in [0.3, 0.4) is 0 Å². The molecule has 7 nitrogen and oxygen atoms in total. The summed E-state index contributed by atoms with van der Waals surface area (Å²) in [5, 5.41) is 6.94. The van der Waals surface area contributed by atoms with Gasteiger partial charge in [-0.25, -0.2) is 0 Å². The van der Waals surface area contributed by atoms with Gasteiger partial charge in [-0.2, -0.15) is 0 Å². The third-order valence-corrected chi connectivity index (χ3v) is 5.24. The number of nitrogens with one attached hydrogen (secondary N) is 2. The molecule has 0 radical (unpaired) electrons.